The van der Waals surface area contributed by atoms with E-state index in [9.17, 15) is 4.79 Å². The summed E-state index contributed by atoms with van der Waals surface area (Å²) in [5.41, 5.74) is 0. The van der Waals surface area contributed by atoms with Gasteiger partial charge in [-0.2, -0.15) is 0 Å². The van der Waals surface area contributed by atoms with Gasteiger partial charge in [-0.15, -0.1) is 0 Å². The largest absolute Gasteiger partial charge is 0.343 e. The molecule has 0 radical (unpaired) electrons. The fraction of sp³-hybridized carbons (Fsp3) is 0.917. The Hall–Kier alpha value is 0.170. The van der Waals surface area contributed by atoms with Gasteiger partial charge in [0, 0.05) is 30.5 Å². The van der Waals surface area contributed by atoms with E-state index in [-0.39, 0.29) is 0 Å². The van der Waals surface area contributed by atoms with Gasteiger partial charge in [0.1, 0.15) is 0 Å². The van der Waals surface area contributed by atoms with Crippen molar-refractivity contribution in [3.63, 3.8) is 0 Å². The molecular weight excluding hydrogens is 238 g/mol. The molecule has 1 atom stereocenters. The van der Waals surface area contributed by atoms with Crippen LogP contribution in [0, 0.1) is 0 Å². The molecule has 0 aliphatic carbocycles. The fourth-order valence-corrected chi connectivity index (χ4v) is 5.36. The summed E-state index contributed by atoms with van der Waals surface area (Å²) in [6.45, 7) is 2.02. The predicted octanol–water partition coefficient (Wildman–Crippen LogP) is 3.32. The topological polar surface area (TPSA) is 20.3 Å². The van der Waals surface area contributed by atoms with Crippen LogP contribution in [0.5, 0.6) is 0 Å². The molecule has 2 saturated heterocycles. The Labute approximate surface area is 106 Å². The minimum Gasteiger partial charge on any atom is -0.343 e. The number of amides is 1. The number of hydrogen-bond acceptors (Lipinski definition) is 3. The van der Waals surface area contributed by atoms with Crippen LogP contribution in [0.15, 0.2) is 0 Å². The summed E-state index contributed by atoms with van der Waals surface area (Å²) < 4.78 is 0. The van der Waals surface area contributed by atoms with E-state index in [1.165, 1.54) is 37.9 Å². The van der Waals surface area contributed by atoms with Crippen molar-refractivity contribution in [3.8, 4) is 0 Å². The average molecular weight is 259 g/mol. The lowest BCUT2D eigenvalue weighted by molar-refractivity contribution is -0.130. The molecule has 16 heavy (non-hydrogen) atoms. The van der Waals surface area contributed by atoms with Gasteiger partial charge in [0.15, 0.2) is 0 Å². The Bertz CT molecular complexity index is 223. The highest BCUT2D eigenvalue weighted by Gasteiger charge is 2.18. The first kappa shape index (κ1) is 12.6. The lowest BCUT2D eigenvalue weighted by atomic mass is 10.1. The van der Waals surface area contributed by atoms with E-state index in [0.29, 0.717) is 5.91 Å². The van der Waals surface area contributed by atoms with Crippen molar-refractivity contribution in [2.75, 3.05) is 18.8 Å². The maximum Gasteiger partial charge on any atom is 0.222 e. The SMILES string of the molecule is O=C(CCCCC1CCSS1)N1CCCC1. The summed E-state index contributed by atoms with van der Waals surface area (Å²) in [6.07, 6.45) is 8.21. The van der Waals surface area contributed by atoms with Gasteiger partial charge in [0.05, 0.1) is 0 Å². The second-order valence-electron chi connectivity index (χ2n) is 4.66. The van der Waals surface area contributed by atoms with Crippen molar-refractivity contribution >= 4 is 27.5 Å². The van der Waals surface area contributed by atoms with E-state index in [2.05, 4.69) is 0 Å². The summed E-state index contributed by atoms with van der Waals surface area (Å²) in [7, 11) is 4.06. The van der Waals surface area contributed by atoms with Crippen molar-refractivity contribution < 1.29 is 4.79 Å². The molecule has 0 N–H and O–H groups in total. The summed E-state index contributed by atoms with van der Waals surface area (Å²) in [6, 6.07) is 0. The van der Waals surface area contributed by atoms with Crippen LogP contribution < -0.4 is 0 Å². The van der Waals surface area contributed by atoms with Gasteiger partial charge in [-0.25, -0.2) is 0 Å². The van der Waals surface area contributed by atoms with Gasteiger partial charge in [0.25, 0.3) is 0 Å². The normalized spacial score (nSPS) is 25.2. The third-order valence-electron chi connectivity index (χ3n) is 3.35. The first-order valence-electron chi connectivity index (χ1n) is 6.42. The first-order chi connectivity index (χ1) is 7.86. The maximum absolute atomic E-state index is 11.8. The smallest absolute Gasteiger partial charge is 0.222 e. The highest BCUT2D eigenvalue weighted by Crippen LogP contribution is 2.39. The number of unbranched alkanes of at least 4 members (excludes halogenated alkanes) is 1. The van der Waals surface area contributed by atoms with Crippen LogP contribution in [0.3, 0.4) is 0 Å². The highest BCUT2D eigenvalue weighted by atomic mass is 33.1. The van der Waals surface area contributed by atoms with Gasteiger partial charge in [-0.1, -0.05) is 28.0 Å². The van der Waals surface area contributed by atoms with Gasteiger partial charge >= 0.3 is 0 Å². The Morgan fingerprint density at radius 3 is 2.75 bits per heavy atom. The van der Waals surface area contributed by atoms with Crippen molar-refractivity contribution in [1.29, 1.82) is 0 Å². The number of carbonyl (C=O) groups excluding carboxylic acids is 1. The standard InChI is InChI=1S/C12H21NOS2/c14-12(13-8-3-4-9-13)6-2-1-5-11-7-10-15-16-11/h11H,1-10H2. The minimum absolute atomic E-state index is 0.394. The zero-order valence-electron chi connectivity index (χ0n) is 9.82. The zero-order chi connectivity index (χ0) is 11.2. The van der Waals surface area contributed by atoms with Crippen LogP contribution in [0.4, 0.5) is 0 Å². The molecular formula is C12H21NOS2. The molecule has 2 nitrogen and oxygen atoms in total. The number of rotatable bonds is 5. The first-order valence-corrected chi connectivity index (χ1v) is 8.80. The molecule has 2 rings (SSSR count). The third kappa shape index (κ3) is 3.88. The Morgan fingerprint density at radius 1 is 1.25 bits per heavy atom. The lowest BCUT2D eigenvalue weighted by Crippen LogP contribution is -2.27. The van der Waals surface area contributed by atoms with Crippen molar-refractivity contribution in [1.82, 2.24) is 4.90 Å². The molecule has 1 unspecified atom stereocenters. The molecule has 2 fully saturated rings. The Morgan fingerprint density at radius 2 is 2.06 bits per heavy atom. The van der Waals surface area contributed by atoms with Crippen LogP contribution in [0.1, 0.15) is 44.9 Å². The molecule has 2 aliphatic rings. The molecule has 2 aliphatic heterocycles. The molecule has 4 heteroatoms. The molecule has 0 aromatic carbocycles. The number of likely N-dealkylation sites (tertiary alicyclic amines) is 1. The van der Waals surface area contributed by atoms with E-state index in [1.807, 2.05) is 26.5 Å². The van der Waals surface area contributed by atoms with Crippen molar-refractivity contribution in [2.45, 2.75) is 50.2 Å². The monoisotopic (exact) mass is 259 g/mol. The van der Waals surface area contributed by atoms with E-state index in [0.717, 1.165) is 31.2 Å². The van der Waals surface area contributed by atoms with Crippen LogP contribution in [0.25, 0.3) is 0 Å². The van der Waals surface area contributed by atoms with Gasteiger partial charge in [-0.05, 0) is 32.1 Å². The molecule has 92 valence electrons. The number of carbonyl (C=O) groups is 1. The van der Waals surface area contributed by atoms with E-state index < -0.39 is 0 Å². The molecule has 0 saturated carbocycles. The molecule has 1 amide bonds. The molecule has 0 aromatic heterocycles. The summed E-state index contributed by atoms with van der Waals surface area (Å²) >= 11 is 0. The van der Waals surface area contributed by atoms with Crippen molar-refractivity contribution in [3.05, 3.63) is 0 Å². The highest BCUT2D eigenvalue weighted by molar-refractivity contribution is 8.77. The van der Waals surface area contributed by atoms with Gasteiger partial charge in [-0.3, -0.25) is 4.79 Å². The van der Waals surface area contributed by atoms with E-state index >= 15 is 0 Å². The minimum atomic E-state index is 0.394. The van der Waals surface area contributed by atoms with Crippen molar-refractivity contribution in [2.24, 2.45) is 0 Å². The van der Waals surface area contributed by atoms with Gasteiger partial charge < -0.3 is 4.90 Å². The molecule has 0 spiro atoms. The molecule has 2 heterocycles. The summed E-state index contributed by atoms with van der Waals surface area (Å²) in [4.78, 5) is 13.8. The second-order valence-corrected chi connectivity index (χ2v) is 7.45. The molecule has 0 aromatic rings. The number of nitrogens with zero attached hydrogens (tertiary/aromatic N) is 1. The zero-order valence-corrected chi connectivity index (χ0v) is 11.5. The van der Waals surface area contributed by atoms with E-state index in [4.69, 9.17) is 0 Å². The van der Waals surface area contributed by atoms with Crippen LogP contribution >= 0.6 is 21.6 Å². The average Bonchev–Trinajstić information content (AvgIpc) is 2.96. The predicted molar refractivity (Wildman–Crippen MR) is 72.7 cm³/mol. The summed E-state index contributed by atoms with van der Waals surface area (Å²) in [5, 5.41) is 0.867. The fourth-order valence-electron chi connectivity index (χ4n) is 2.34. The third-order valence-corrected chi connectivity index (χ3v) is 6.36. The summed E-state index contributed by atoms with van der Waals surface area (Å²) in [5.74, 6) is 1.72. The quantitative estimate of drug-likeness (QED) is 0.558. The van der Waals surface area contributed by atoms with Crippen LogP contribution in [-0.2, 0) is 4.79 Å². The van der Waals surface area contributed by atoms with Gasteiger partial charge in [0.2, 0.25) is 5.91 Å². The molecule has 0 bridgehead atoms. The Balaban J connectivity index is 1.51. The number of hydrogen-bond donors (Lipinski definition) is 0. The lowest BCUT2D eigenvalue weighted by Gasteiger charge is -2.15. The second kappa shape index (κ2) is 6.80. The maximum atomic E-state index is 11.8. The Kier molecular flexibility index (Phi) is 5.36. The van der Waals surface area contributed by atoms with Crippen LogP contribution in [0.2, 0.25) is 0 Å². The van der Waals surface area contributed by atoms with Crippen LogP contribution in [-0.4, -0.2) is 34.9 Å². The van der Waals surface area contributed by atoms with E-state index in [1.54, 1.807) is 0 Å².